The average Bonchev–Trinajstić information content (AvgIpc) is 2.04. The lowest BCUT2D eigenvalue weighted by molar-refractivity contribution is -0.131. The smallest absolute Gasteiger partial charge is 0.270 e. The number of hydrogen-bond acceptors (Lipinski definition) is 1. The fourth-order valence-corrected chi connectivity index (χ4v) is 1.36. The SMILES string of the molecule is CC(C)OC1(C(F)F)C=CC=CC1. The Labute approximate surface area is 77.1 Å². The van der Waals surface area contributed by atoms with Crippen molar-refractivity contribution >= 4 is 0 Å². The van der Waals surface area contributed by atoms with Crippen LogP contribution in [-0.2, 0) is 4.74 Å². The zero-order valence-electron chi connectivity index (χ0n) is 7.84. The summed E-state index contributed by atoms with van der Waals surface area (Å²) in [5, 5.41) is 0. The van der Waals surface area contributed by atoms with Gasteiger partial charge < -0.3 is 4.74 Å². The summed E-state index contributed by atoms with van der Waals surface area (Å²) in [5.74, 6) is 0. The van der Waals surface area contributed by atoms with E-state index in [9.17, 15) is 8.78 Å². The fraction of sp³-hybridized carbons (Fsp3) is 0.600. The molecule has 3 heteroatoms. The summed E-state index contributed by atoms with van der Waals surface area (Å²) in [5.41, 5.74) is -1.40. The molecule has 13 heavy (non-hydrogen) atoms. The van der Waals surface area contributed by atoms with Crippen LogP contribution in [0.25, 0.3) is 0 Å². The van der Waals surface area contributed by atoms with Crippen LogP contribution in [0.3, 0.4) is 0 Å². The number of allylic oxidation sites excluding steroid dienone is 2. The van der Waals surface area contributed by atoms with E-state index in [2.05, 4.69) is 0 Å². The molecule has 0 saturated heterocycles. The molecule has 0 aromatic heterocycles. The second-order valence-electron chi connectivity index (χ2n) is 3.41. The van der Waals surface area contributed by atoms with Gasteiger partial charge in [-0.2, -0.15) is 0 Å². The molecule has 0 saturated carbocycles. The lowest BCUT2D eigenvalue weighted by Crippen LogP contribution is -2.40. The summed E-state index contributed by atoms with van der Waals surface area (Å²) >= 11 is 0. The monoisotopic (exact) mass is 188 g/mol. The van der Waals surface area contributed by atoms with Crippen molar-refractivity contribution in [3.8, 4) is 0 Å². The van der Waals surface area contributed by atoms with Gasteiger partial charge in [-0.1, -0.05) is 18.2 Å². The standard InChI is InChI=1S/C10H14F2O/c1-8(2)13-10(9(11)12)6-4-3-5-7-10/h3-6,8-9H,7H2,1-2H3. The van der Waals surface area contributed by atoms with E-state index < -0.39 is 12.0 Å². The van der Waals surface area contributed by atoms with Crippen LogP contribution in [0.5, 0.6) is 0 Å². The van der Waals surface area contributed by atoms with E-state index >= 15 is 0 Å². The van der Waals surface area contributed by atoms with E-state index in [-0.39, 0.29) is 12.5 Å². The maximum atomic E-state index is 12.7. The molecular formula is C10H14F2O. The van der Waals surface area contributed by atoms with Crippen LogP contribution in [-0.4, -0.2) is 18.1 Å². The molecule has 0 heterocycles. The van der Waals surface area contributed by atoms with Crippen molar-refractivity contribution in [3.05, 3.63) is 24.3 Å². The number of halogens is 2. The third kappa shape index (κ3) is 2.37. The molecule has 0 radical (unpaired) electrons. The normalized spacial score (nSPS) is 27.5. The van der Waals surface area contributed by atoms with Crippen molar-refractivity contribution in [2.24, 2.45) is 0 Å². The summed E-state index contributed by atoms with van der Waals surface area (Å²) in [6.45, 7) is 3.52. The van der Waals surface area contributed by atoms with Crippen molar-refractivity contribution in [1.29, 1.82) is 0 Å². The first-order chi connectivity index (χ1) is 6.07. The van der Waals surface area contributed by atoms with Gasteiger partial charge in [-0.15, -0.1) is 0 Å². The maximum Gasteiger partial charge on any atom is 0.270 e. The summed E-state index contributed by atoms with van der Waals surface area (Å²) in [7, 11) is 0. The highest BCUT2D eigenvalue weighted by Crippen LogP contribution is 2.30. The second-order valence-corrected chi connectivity index (χ2v) is 3.41. The zero-order valence-corrected chi connectivity index (χ0v) is 7.84. The largest absolute Gasteiger partial charge is 0.362 e. The molecule has 1 aliphatic carbocycles. The summed E-state index contributed by atoms with van der Waals surface area (Å²) in [6, 6.07) is 0. The molecule has 1 atom stereocenters. The Bertz CT molecular complexity index is 221. The predicted octanol–water partition coefficient (Wildman–Crippen LogP) is 2.93. The van der Waals surface area contributed by atoms with Crippen LogP contribution in [0.1, 0.15) is 20.3 Å². The van der Waals surface area contributed by atoms with Gasteiger partial charge >= 0.3 is 0 Å². The van der Waals surface area contributed by atoms with Gasteiger partial charge in [0, 0.05) is 6.42 Å². The minimum Gasteiger partial charge on any atom is -0.362 e. The first-order valence-electron chi connectivity index (χ1n) is 4.37. The highest BCUT2D eigenvalue weighted by molar-refractivity contribution is 5.19. The molecule has 0 N–H and O–H groups in total. The zero-order chi connectivity index (χ0) is 9.90. The van der Waals surface area contributed by atoms with Gasteiger partial charge in [0.05, 0.1) is 6.10 Å². The molecule has 74 valence electrons. The average molecular weight is 188 g/mol. The van der Waals surface area contributed by atoms with Crippen LogP contribution in [0.15, 0.2) is 24.3 Å². The number of ether oxygens (including phenoxy) is 1. The molecule has 0 aliphatic heterocycles. The molecule has 0 fully saturated rings. The Kier molecular flexibility index (Phi) is 3.20. The van der Waals surface area contributed by atoms with E-state index in [1.54, 1.807) is 32.1 Å². The molecule has 0 aromatic rings. The van der Waals surface area contributed by atoms with Crippen molar-refractivity contribution in [3.63, 3.8) is 0 Å². The molecule has 1 unspecified atom stereocenters. The van der Waals surface area contributed by atoms with Gasteiger partial charge in [0.1, 0.15) is 0 Å². The Morgan fingerprint density at radius 1 is 1.31 bits per heavy atom. The van der Waals surface area contributed by atoms with E-state index in [4.69, 9.17) is 4.74 Å². The maximum absolute atomic E-state index is 12.7. The fourth-order valence-electron chi connectivity index (χ4n) is 1.36. The van der Waals surface area contributed by atoms with Crippen molar-refractivity contribution < 1.29 is 13.5 Å². The number of rotatable bonds is 3. The first-order valence-corrected chi connectivity index (χ1v) is 4.37. The number of alkyl halides is 2. The Morgan fingerprint density at radius 3 is 2.38 bits per heavy atom. The molecule has 0 amide bonds. The third-order valence-corrected chi connectivity index (χ3v) is 1.89. The minimum atomic E-state index is -2.48. The van der Waals surface area contributed by atoms with Crippen LogP contribution in [0.4, 0.5) is 8.78 Å². The third-order valence-electron chi connectivity index (χ3n) is 1.89. The summed E-state index contributed by atoms with van der Waals surface area (Å²) < 4.78 is 30.7. The molecule has 0 spiro atoms. The highest BCUT2D eigenvalue weighted by Gasteiger charge is 2.39. The van der Waals surface area contributed by atoms with Crippen molar-refractivity contribution in [1.82, 2.24) is 0 Å². The topological polar surface area (TPSA) is 9.23 Å². The predicted molar refractivity (Wildman–Crippen MR) is 47.9 cm³/mol. The van der Waals surface area contributed by atoms with Crippen LogP contribution >= 0.6 is 0 Å². The van der Waals surface area contributed by atoms with Gasteiger partial charge in [-0.3, -0.25) is 0 Å². The van der Waals surface area contributed by atoms with Gasteiger partial charge in [0.15, 0.2) is 5.60 Å². The Morgan fingerprint density at radius 2 is 2.00 bits per heavy atom. The van der Waals surface area contributed by atoms with E-state index in [1.807, 2.05) is 0 Å². The first kappa shape index (κ1) is 10.4. The van der Waals surface area contributed by atoms with Gasteiger partial charge in [-0.05, 0) is 19.9 Å². The van der Waals surface area contributed by atoms with E-state index in [0.29, 0.717) is 0 Å². The molecule has 1 aliphatic rings. The Balaban J connectivity index is 2.76. The lowest BCUT2D eigenvalue weighted by Gasteiger charge is -2.32. The number of hydrogen-bond donors (Lipinski definition) is 0. The van der Waals surface area contributed by atoms with Gasteiger partial charge in [0.25, 0.3) is 6.43 Å². The molecule has 1 rings (SSSR count). The quantitative estimate of drug-likeness (QED) is 0.661. The van der Waals surface area contributed by atoms with Gasteiger partial charge in [0.2, 0.25) is 0 Å². The van der Waals surface area contributed by atoms with Gasteiger partial charge in [-0.25, -0.2) is 8.78 Å². The van der Waals surface area contributed by atoms with Crippen molar-refractivity contribution in [2.75, 3.05) is 0 Å². The molecule has 1 nitrogen and oxygen atoms in total. The summed E-state index contributed by atoms with van der Waals surface area (Å²) in [4.78, 5) is 0. The minimum absolute atomic E-state index is 0.190. The molecule has 0 bridgehead atoms. The van der Waals surface area contributed by atoms with Crippen LogP contribution in [0, 0.1) is 0 Å². The molecular weight excluding hydrogens is 174 g/mol. The van der Waals surface area contributed by atoms with Crippen molar-refractivity contribution in [2.45, 2.75) is 38.4 Å². The molecule has 0 aromatic carbocycles. The Hall–Kier alpha value is -0.700. The van der Waals surface area contributed by atoms with E-state index in [0.717, 1.165) is 0 Å². The van der Waals surface area contributed by atoms with Crippen LogP contribution < -0.4 is 0 Å². The second kappa shape index (κ2) is 4.01. The summed E-state index contributed by atoms with van der Waals surface area (Å²) in [6.07, 6.45) is 4.09. The van der Waals surface area contributed by atoms with E-state index in [1.165, 1.54) is 6.08 Å². The highest BCUT2D eigenvalue weighted by atomic mass is 19.3. The lowest BCUT2D eigenvalue weighted by atomic mass is 9.95. The van der Waals surface area contributed by atoms with Crippen LogP contribution in [0.2, 0.25) is 0 Å².